The predicted molar refractivity (Wildman–Crippen MR) is 105 cm³/mol. The van der Waals surface area contributed by atoms with Gasteiger partial charge in [-0.15, -0.1) is 12.4 Å². The maximum absolute atomic E-state index is 11.8. The van der Waals surface area contributed by atoms with Crippen LogP contribution in [0.4, 0.5) is 5.69 Å². The molecule has 1 aromatic rings. The third-order valence-electron chi connectivity index (χ3n) is 5.66. The van der Waals surface area contributed by atoms with E-state index in [0.29, 0.717) is 17.5 Å². The number of piperidine rings is 1. The number of halogens is 1. The van der Waals surface area contributed by atoms with E-state index in [1.165, 1.54) is 37.7 Å². The van der Waals surface area contributed by atoms with Crippen molar-refractivity contribution in [1.82, 2.24) is 5.32 Å². The number of anilines is 1. The molecule has 0 spiro atoms. The summed E-state index contributed by atoms with van der Waals surface area (Å²) in [4.78, 5) is 14.3. The number of hydrogen-bond acceptors (Lipinski definition) is 3. The van der Waals surface area contributed by atoms with E-state index in [2.05, 4.69) is 23.2 Å². The summed E-state index contributed by atoms with van der Waals surface area (Å²) < 4.78 is 0. The summed E-state index contributed by atoms with van der Waals surface area (Å²) in [5, 5.41) is 13.2. The topological polar surface area (TPSA) is 52.6 Å². The summed E-state index contributed by atoms with van der Waals surface area (Å²) in [6.45, 7) is 5.42. The van der Waals surface area contributed by atoms with Crippen LogP contribution in [-0.4, -0.2) is 36.8 Å². The van der Waals surface area contributed by atoms with Crippen molar-refractivity contribution in [3.05, 3.63) is 29.3 Å². The smallest absolute Gasteiger partial charge is 0.337 e. The van der Waals surface area contributed by atoms with Gasteiger partial charge in [-0.2, -0.15) is 0 Å². The van der Waals surface area contributed by atoms with E-state index in [4.69, 9.17) is 0 Å². The van der Waals surface area contributed by atoms with Crippen molar-refractivity contribution in [3.8, 4) is 0 Å². The molecule has 4 nitrogen and oxygen atoms in total. The number of aromatic carboxylic acids is 1. The van der Waals surface area contributed by atoms with Gasteiger partial charge >= 0.3 is 5.97 Å². The molecule has 0 aliphatic carbocycles. The Morgan fingerprint density at radius 2 is 2.12 bits per heavy atom. The fourth-order valence-corrected chi connectivity index (χ4v) is 4.48. The third-order valence-corrected chi connectivity index (χ3v) is 5.66. The zero-order valence-electron chi connectivity index (χ0n) is 15.2. The second-order valence-corrected chi connectivity index (χ2v) is 7.21. The number of nitrogens with zero attached hydrogens (tertiary/aromatic N) is 1. The number of rotatable bonds is 6. The summed E-state index contributed by atoms with van der Waals surface area (Å²) >= 11 is 0. The van der Waals surface area contributed by atoms with Crippen molar-refractivity contribution in [1.29, 1.82) is 0 Å². The van der Waals surface area contributed by atoms with Crippen molar-refractivity contribution in [2.75, 3.05) is 24.5 Å². The molecule has 2 heterocycles. The first kappa shape index (κ1) is 20.1. The van der Waals surface area contributed by atoms with Crippen LogP contribution < -0.4 is 10.2 Å². The highest BCUT2D eigenvalue weighted by molar-refractivity contribution is 5.95. The Bertz CT molecular complexity index is 573. The number of benzene rings is 1. The Hall–Kier alpha value is -1.26. The SMILES string of the molecule is CCCCC(C1CCNCC1)N1CCCc2cccc(C(=O)O)c21.Cl. The number of para-hydroxylation sites is 1. The summed E-state index contributed by atoms with van der Waals surface area (Å²) in [6, 6.07) is 6.27. The number of aryl methyl sites for hydroxylation is 1. The van der Waals surface area contributed by atoms with Crippen LogP contribution in [0.25, 0.3) is 0 Å². The lowest BCUT2D eigenvalue weighted by molar-refractivity contribution is 0.0697. The first-order valence-electron chi connectivity index (χ1n) is 9.55. The van der Waals surface area contributed by atoms with Crippen LogP contribution in [0.1, 0.15) is 61.4 Å². The Kier molecular flexibility index (Phi) is 7.57. The molecule has 3 rings (SSSR count). The van der Waals surface area contributed by atoms with Crippen LogP contribution in [0.5, 0.6) is 0 Å². The van der Waals surface area contributed by atoms with E-state index in [0.717, 1.165) is 38.2 Å². The normalized spacial score (nSPS) is 19.0. The van der Waals surface area contributed by atoms with Crippen LogP contribution >= 0.6 is 12.4 Å². The molecule has 140 valence electrons. The minimum absolute atomic E-state index is 0. The lowest BCUT2D eigenvalue weighted by Crippen LogP contribution is -2.47. The molecule has 1 atom stereocenters. The molecule has 1 fully saturated rings. The number of nitrogens with one attached hydrogen (secondary N) is 1. The maximum Gasteiger partial charge on any atom is 0.337 e. The van der Waals surface area contributed by atoms with Gasteiger partial charge in [-0.05, 0) is 62.7 Å². The summed E-state index contributed by atoms with van der Waals surface area (Å²) in [5.41, 5.74) is 2.72. The average Bonchev–Trinajstić information content (AvgIpc) is 2.62. The molecule has 0 saturated carbocycles. The molecule has 0 bridgehead atoms. The van der Waals surface area contributed by atoms with E-state index < -0.39 is 5.97 Å². The van der Waals surface area contributed by atoms with E-state index in [9.17, 15) is 9.90 Å². The second-order valence-electron chi connectivity index (χ2n) is 7.21. The number of carboxylic acids is 1. The van der Waals surface area contributed by atoms with Crippen LogP contribution in [0, 0.1) is 5.92 Å². The van der Waals surface area contributed by atoms with Crippen LogP contribution in [0.15, 0.2) is 18.2 Å². The van der Waals surface area contributed by atoms with Gasteiger partial charge in [0.15, 0.2) is 0 Å². The lowest BCUT2D eigenvalue weighted by Gasteiger charge is -2.44. The number of unbranched alkanes of at least 4 members (excludes halogenated alkanes) is 1. The molecular weight excluding hydrogens is 336 g/mol. The molecule has 2 aliphatic rings. The number of carbonyl (C=O) groups is 1. The van der Waals surface area contributed by atoms with E-state index in [-0.39, 0.29) is 12.4 Å². The molecule has 2 N–H and O–H groups in total. The Morgan fingerprint density at radius 3 is 2.80 bits per heavy atom. The highest BCUT2D eigenvalue weighted by Gasteiger charge is 2.33. The first-order valence-corrected chi connectivity index (χ1v) is 9.55. The largest absolute Gasteiger partial charge is 0.478 e. The van der Waals surface area contributed by atoms with E-state index >= 15 is 0 Å². The van der Waals surface area contributed by atoms with E-state index in [1.54, 1.807) is 6.07 Å². The first-order chi connectivity index (χ1) is 11.7. The van der Waals surface area contributed by atoms with Gasteiger partial charge in [-0.25, -0.2) is 4.79 Å². The van der Waals surface area contributed by atoms with Gasteiger partial charge in [0.05, 0.1) is 11.3 Å². The standard InChI is InChI=1S/C20H30N2O2.ClH/c1-2-3-9-18(15-10-12-21-13-11-15)22-14-5-7-16-6-4-8-17(19(16)22)20(23)24;/h4,6,8,15,18,21H,2-3,5,7,9-14H2,1H3,(H,23,24);1H. The van der Waals surface area contributed by atoms with Crippen molar-refractivity contribution in [2.45, 2.75) is 57.9 Å². The summed E-state index contributed by atoms with van der Waals surface area (Å²) in [6.07, 6.45) is 8.13. The molecule has 25 heavy (non-hydrogen) atoms. The van der Waals surface area contributed by atoms with Gasteiger partial charge in [-0.1, -0.05) is 31.9 Å². The Balaban J connectivity index is 0.00000225. The van der Waals surface area contributed by atoms with Gasteiger partial charge in [-0.3, -0.25) is 0 Å². The monoisotopic (exact) mass is 366 g/mol. The molecule has 1 unspecified atom stereocenters. The average molecular weight is 367 g/mol. The van der Waals surface area contributed by atoms with Crippen molar-refractivity contribution in [2.24, 2.45) is 5.92 Å². The zero-order chi connectivity index (χ0) is 16.9. The Morgan fingerprint density at radius 1 is 1.36 bits per heavy atom. The van der Waals surface area contributed by atoms with Crippen LogP contribution in [-0.2, 0) is 6.42 Å². The number of fused-ring (bicyclic) bond motifs is 1. The molecule has 2 aliphatic heterocycles. The highest BCUT2D eigenvalue weighted by atomic mass is 35.5. The molecule has 1 saturated heterocycles. The molecule has 5 heteroatoms. The van der Waals surface area contributed by atoms with Gasteiger partial charge in [0, 0.05) is 12.6 Å². The van der Waals surface area contributed by atoms with Crippen molar-refractivity contribution >= 4 is 24.1 Å². The molecule has 0 radical (unpaired) electrons. The molecule has 1 aromatic carbocycles. The van der Waals surface area contributed by atoms with Gasteiger partial charge in [0.1, 0.15) is 0 Å². The zero-order valence-corrected chi connectivity index (χ0v) is 16.0. The highest BCUT2D eigenvalue weighted by Crippen LogP contribution is 2.37. The van der Waals surface area contributed by atoms with Crippen LogP contribution in [0.3, 0.4) is 0 Å². The van der Waals surface area contributed by atoms with Crippen LogP contribution in [0.2, 0.25) is 0 Å². The van der Waals surface area contributed by atoms with Crippen molar-refractivity contribution in [3.63, 3.8) is 0 Å². The maximum atomic E-state index is 11.8. The molecule has 0 amide bonds. The minimum atomic E-state index is -0.793. The lowest BCUT2D eigenvalue weighted by atomic mass is 9.84. The summed E-state index contributed by atoms with van der Waals surface area (Å²) in [5.74, 6) is -0.121. The van der Waals surface area contributed by atoms with Gasteiger partial charge in [0.2, 0.25) is 0 Å². The second kappa shape index (κ2) is 9.44. The summed E-state index contributed by atoms with van der Waals surface area (Å²) in [7, 11) is 0. The van der Waals surface area contributed by atoms with Gasteiger partial charge < -0.3 is 15.3 Å². The number of carboxylic acid groups (broad SMARTS) is 1. The third kappa shape index (κ3) is 4.48. The van der Waals surface area contributed by atoms with Gasteiger partial charge in [0.25, 0.3) is 0 Å². The quantitative estimate of drug-likeness (QED) is 0.795. The predicted octanol–water partition coefficient (Wildman–Crippen LogP) is 4.12. The van der Waals surface area contributed by atoms with E-state index in [1.807, 2.05) is 6.07 Å². The molecule has 0 aromatic heterocycles. The Labute approximate surface area is 157 Å². The molecular formula is C20H31ClN2O2. The fourth-order valence-electron chi connectivity index (χ4n) is 4.48. The fraction of sp³-hybridized carbons (Fsp3) is 0.650. The number of hydrogen-bond donors (Lipinski definition) is 2. The van der Waals surface area contributed by atoms with Crippen molar-refractivity contribution < 1.29 is 9.90 Å². The minimum Gasteiger partial charge on any atom is -0.478 e.